The van der Waals surface area contributed by atoms with Crippen molar-refractivity contribution < 1.29 is 18.3 Å². The molecule has 13 heteroatoms. The van der Waals surface area contributed by atoms with E-state index in [4.69, 9.17) is 11.5 Å². The maximum Gasteiger partial charge on any atom is 0.218 e. The largest absolute Gasteiger partial charge is 0.389 e. The fourth-order valence-corrected chi connectivity index (χ4v) is 5.45. The number of pyridine rings is 2. The Balaban J connectivity index is 1.40. The number of aliphatic hydroxyl groups excluding tert-OH is 1. The smallest absolute Gasteiger partial charge is 0.218 e. The van der Waals surface area contributed by atoms with E-state index in [0.29, 0.717) is 60.6 Å². The molecule has 0 saturated carbocycles. The molecule has 10 nitrogen and oxygen atoms in total. The van der Waals surface area contributed by atoms with Gasteiger partial charge in [0.15, 0.2) is 23.1 Å². The van der Waals surface area contributed by atoms with E-state index in [1.807, 2.05) is 4.57 Å². The number of imidazole rings is 1. The number of fused-ring (bicyclic) bond motifs is 1. The van der Waals surface area contributed by atoms with Crippen LogP contribution in [-0.4, -0.2) is 47.7 Å². The normalized spacial score (nSPS) is 18.0. The van der Waals surface area contributed by atoms with E-state index < -0.39 is 29.2 Å². The molecule has 0 radical (unpaired) electrons. The highest BCUT2D eigenvalue weighted by Gasteiger charge is 2.36. The van der Waals surface area contributed by atoms with Gasteiger partial charge < -0.3 is 26.0 Å². The number of hydrogen-bond donors (Lipinski definition) is 3. The minimum atomic E-state index is -0.996. The van der Waals surface area contributed by atoms with Crippen LogP contribution in [0.2, 0.25) is 0 Å². The molecule has 1 aromatic carbocycles. The van der Waals surface area contributed by atoms with Crippen LogP contribution in [0.3, 0.4) is 0 Å². The maximum atomic E-state index is 14.7. The molecule has 0 bridgehead atoms. The third kappa shape index (κ3) is 5.01. The van der Waals surface area contributed by atoms with Crippen molar-refractivity contribution in [3.63, 3.8) is 0 Å². The van der Waals surface area contributed by atoms with Crippen LogP contribution in [0.15, 0.2) is 55.2 Å². The molecule has 6 rings (SSSR count). The average molecular weight is 576 g/mol. The molecule has 1 aliphatic heterocycles. The first-order valence-corrected chi connectivity index (χ1v) is 13.4. The molecule has 2 atom stereocenters. The highest BCUT2D eigenvalue weighted by atomic mass is 19.2. The second-order valence-corrected chi connectivity index (χ2v) is 10.6. The Labute approximate surface area is 238 Å². The lowest BCUT2D eigenvalue weighted by atomic mass is 9.85. The van der Waals surface area contributed by atoms with Crippen LogP contribution in [0.5, 0.6) is 0 Å². The van der Waals surface area contributed by atoms with Gasteiger partial charge in [0, 0.05) is 24.2 Å². The molecule has 1 aliphatic rings. The number of benzene rings is 1. The van der Waals surface area contributed by atoms with Gasteiger partial charge in [-0.05, 0) is 61.7 Å². The van der Waals surface area contributed by atoms with Gasteiger partial charge in [0.25, 0.3) is 0 Å². The molecular weight excluding hydrogens is 547 g/mol. The summed E-state index contributed by atoms with van der Waals surface area (Å²) >= 11 is 0. The van der Waals surface area contributed by atoms with Crippen molar-refractivity contribution in [2.24, 2.45) is 5.73 Å². The molecule has 1 fully saturated rings. The van der Waals surface area contributed by atoms with Crippen LogP contribution in [0.4, 0.5) is 24.7 Å². The lowest BCUT2D eigenvalue weighted by Gasteiger charge is -2.41. The number of nitrogen functional groups attached to an aromatic ring is 1. The summed E-state index contributed by atoms with van der Waals surface area (Å²) in [5.74, 6) is -2.42. The van der Waals surface area contributed by atoms with Crippen LogP contribution in [0.25, 0.3) is 22.4 Å². The number of rotatable bonds is 6. The number of piperidine rings is 1. The standard InChI is InChI=1S/C29H28F3N9O/c1-16(42)19-4-6-24(39-26(19)32)29(34)7-2-8-40(13-29)23-11-35-22(17-3-5-20(30)21(31)9-17)10-18(23)12-41-15-38-25-27(33)36-14-37-28(25)41/h3-6,9-11,14-16,42H,2,7-8,12-13,34H2,1H3,(H2,33,36,37)/t16?,29-/m1/s1. The summed E-state index contributed by atoms with van der Waals surface area (Å²) in [4.78, 5) is 23.5. The summed E-state index contributed by atoms with van der Waals surface area (Å²) in [6.07, 6.45) is 4.91. The van der Waals surface area contributed by atoms with Crippen molar-refractivity contribution in [1.82, 2.24) is 29.5 Å². The number of nitrogens with two attached hydrogens (primary N) is 2. The number of nitrogens with zero attached hydrogens (tertiary/aromatic N) is 7. The van der Waals surface area contributed by atoms with Gasteiger partial charge in [-0.2, -0.15) is 4.39 Å². The quantitative estimate of drug-likeness (QED) is 0.257. The van der Waals surface area contributed by atoms with E-state index >= 15 is 0 Å². The third-order valence-electron chi connectivity index (χ3n) is 7.65. The fraction of sp³-hybridized carbons (Fsp3) is 0.276. The van der Waals surface area contributed by atoms with Crippen LogP contribution in [0, 0.1) is 17.6 Å². The van der Waals surface area contributed by atoms with Gasteiger partial charge in [0.2, 0.25) is 5.95 Å². The molecule has 1 saturated heterocycles. The predicted octanol–water partition coefficient (Wildman–Crippen LogP) is 3.84. The first kappa shape index (κ1) is 27.5. The van der Waals surface area contributed by atoms with E-state index in [2.05, 4.69) is 29.8 Å². The molecule has 5 N–H and O–H groups in total. The molecule has 216 valence electrons. The van der Waals surface area contributed by atoms with Crippen LogP contribution >= 0.6 is 0 Å². The van der Waals surface area contributed by atoms with E-state index in [0.717, 1.165) is 23.4 Å². The first-order valence-electron chi connectivity index (χ1n) is 13.4. The Morgan fingerprint density at radius 2 is 1.88 bits per heavy atom. The van der Waals surface area contributed by atoms with Crippen molar-refractivity contribution in [1.29, 1.82) is 0 Å². The van der Waals surface area contributed by atoms with Crippen molar-refractivity contribution in [2.45, 2.75) is 38.0 Å². The van der Waals surface area contributed by atoms with Crippen molar-refractivity contribution in [3.8, 4) is 11.3 Å². The van der Waals surface area contributed by atoms with Crippen molar-refractivity contribution in [2.75, 3.05) is 23.7 Å². The van der Waals surface area contributed by atoms with E-state index in [-0.39, 0.29) is 11.4 Å². The molecule has 0 amide bonds. The Kier molecular flexibility index (Phi) is 6.99. The zero-order chi connectivity index (χ0) is 29.6. The minimum absolute atomic E-state index is 0.103. The first-order chi connectivity index (χ1) is 20.1. The highest BCUT2D eigenvalue weighted by molar-refractivity contribution is 5.81. The Bertz CT molecular complexity index is 1790. The van der Waals surface area contributed by atoms with Gasteiger partial charge in [-0.3, -0.25) is 4.98 Å². The number of hydrogen-bond acceptors (Lipinski definition) is 9. The second-order valence-electron chi connectivity index (χ2n) is 10.6. The van der Waals surface area contributed by atoms with Gasteiger partial charge in [0.05, 0.1) is 47.8 Å². The van der Waals surface area contributed by atoms with Crippen LogP contribution in [-0.2, 0) is 12.1 Å². The zero-order valence-electron chi connectivity index (χ0n) is 22.7. The summed E-state index contributed by atoms with van der Waals surface area (Å²) in [7, 11) is 0. The van der Waals surface area contributed by atoms with Crippen LogP contribution < -0.4 is 16.4 Å². The molecule has 0 spiro atoms. The van der Waals surface area contributed by atoms with Gasteiger partial charge in [-0.1, -0.05) is 0 Å². The van der Waals surface area contributed by atoms with E-state index in [9.17, 15) is 18.3 Å². The van der Waals surface area contributed by atoms with Crippen molar-refractivity contribution in [3.05, 3.63) is 89.7 Å². The van der Waals surface area contributed by atoms with Crippen molar-refractivity contribution >= 4 is 22.7 Å². The maximum absolute atomic E-state index is 14.7. The third-order valence-corrected chi connectivity index (χ3v) is 7.65. The SMILES string of the molecule is CC(O)c1ccc([C@@]2(N)CCCN(c3cnc(-c4ccc(F)c(F)c4)cc3Cn3cnc4c(N)ncnc43)C2)nc1F. The molecule has 1 unspecified atom stereocenters. The number of aromatic nitrogens is 6. The Morgan fingerprint density at radius 1 is 1.05 bits per heavy atom. The molecule has 4 aromatic heterocycles. The highest BCUT2D eigenvalue weighted by Crippen LogP contribution is 2.35. The van der Waals surface area contributed by atoms with E-state index in [1.54, 1.807) is 24.7 Å². The van der Waals surface area contributed by atoms with Gasteiger partial charge in [0.1, 0.15) is 11.8 Å². The Hall–Kier alpha value is -4.62. The Morgan fingerprint density at radius 3 is 2.64 bits per heavy atom. The molecular formula is C29H28F3N9O. The molecule has 42 heavy (non-hydrogen) atoms. The molecule has 0 aliphatic carbocycles. The number of halogens is 3. The second kappa shape index (κ2) is 10.7. The lowest BCUT2D eigenvalue weighted by Crippen LogP contribution is -2.52. The molecule has 5 aromatic rings. The fourth-order valence-electron chi connectivity index (χ4n) is 5.45. The van der Waals surface area contributed by atoms with Gasteiger partial charge >= 0.3 is 0 Å². The topological polar surface area (TPSA) is 145 Å². The lowest BCUT2D eigenvalue weighted by molar-refractivity contribution is 0.192. The summed E-state index contributed by atoms with van der Waals surface area (Å²) in [5.41, 5.74) is 15.7. The number of aliphatic hydroxyl groups is 1. The van der Waals surface area contributed by atoms with Gasteiger partial charge in [-0.15, -0.1) is 0 Å². The summed E-state index contributed by atoms with van der Waals surface area (Å²) in [6, 6.07) is 8.60. The summed E-state index contributed by atoms with van der Waals surface area (Å²) in [6.45, 7) is 2.73. The van der Waals surface area contributed by atoms with Gasteiger partial charge in [-0.25, -0.2) is 28.7 Å². The monoisotopic (exact) mass is 575 g/mol. The zero-order valence-corrected chi connectivity index (χ0v) is 22.7. The summed E-state index contributed by atoms with van der Waals surface area (Å²) < 4.78 is 44.3. The average Bonchev–Trinajstić information content (AvgIpc) is 3.38. The molecule has 5 heterocycles. The predicted molar refractivity (Wildman–Crippen MR) is 151 cm³/mol. The minimum Gasteiger partial charge on any atom is -0.389 e. The van der Waals surface area contributed by atoms with Crippen LogP contribution in [0.1, 0.15) is 42.7 Å². The number of anilines is 2. The van der Waals surface area contributed by atoms with E-state index in [1.165, 1.54) is 25.4 Å². The summed E-state index contributed by atoms with van der Waals surface area (Å²) in [5, 5.41) is 9.82.